The lowest BCUT2D eigenvalue weighted by Gasteiger charge is -2.27. The van der Waals surface area contributed by atoms with Crippen molar-refractivity contribution in [3.05, 3.63) is 53.7 Å². The maximum absolute atomic E-state index is 13.3. The van der Waals surface area contributed by atoms with Crippen molar-refractivity contribution < 1.29 is 27.5 Å². The molecule has 1 unspecified atom stereocenters. The van der Waals surface area contributed by atoms with E-state index < -0.39 is 22.0 Å². The van der Waals surface area contributed by atoms with Gasteiger partial charge in [-0.2, -0.15) is 4.31 Å². The molecule has 0 radical (unpaired) electrons. The highest BCUT2D eigenvalue weighted by Gasteiger charge is 2.31. The Labute approximate surface area is 187 Å². The van der Waals surface area contributed by atoms with Crippen molar-refractivity contribution in [1.29, 1.82) is 0 Å². The van der Waals surface area contributed by atoms with Crippen molar-refractivity contribution in [3.63, 3.8) is 0 Å². The number of anilines is 1. The fraction of sp³-hybridized carbons (Fsp3) is 0.381. The van der Waals surface area contributed by atoms with Crippen LogP contribution in [0, 0.1) is 0 Å². The molecule has 0 bridgehead atoms. The maximum Gasteiger partial charge on any atom is 0.339 e. The molecule has 1 saturated heterocycles. The number of sulfonamides is 1. The van der Waals surface area contributed by atoms with E-state index in [1.165, 1.54) is 23.7 Å². The molecule has 172 valence electrons. The number of nitrogens with one attached hydrogen (secondary N) is 2. The standard InChI is InChI=1S/C21H26N4O6S/c1-15(20(26)23-13-16-6-4-3-5-7-16)24-19-18(12-17(14-22-19)21(27)30-2)32(28,29)25-8-10-31-11-9-25/h3-7,12,14-15H,8-11,13H2,1-2H3,(H,22,24)(H,23,26). The first-order chi connectivity index (χ1) is 15.3. The van der Waals surface area contributed by atoms with E-state index in [1.54, 1.807) is 6.92 Å². The number of rotatable bonds is 8. The van der Waals surface area contributed by atoms with Gasteiger partial charge >= 0.3 is 5.97 Å². The van der Waals surface area contributed by atoms with Gasteiger partial charge in [-0.05, 0) is 18.6 Å². The van der Waals surface area contributed by atoms with Crippen LogP contribution in [0.3, 0.4) is 0 Å². The number of benzene rings is 1. The first kappa shape index (κ1) is 23.6. The summed E-state index contributed by atoms with van der Waals surface area (Å²) in [7, 11) is -2.80. The van der Waals surface area contributed by atoms with Crippen molar-refractivity contribution in [3.8, 4) is 0 Å². The van der Waals surface area contributed by atoms with Gasteiger partial charge in [0.15, 0.2) is 0 Å². The zero-order chi connectivity index (χ0) is 23.1. The Hall–Kier alpha value is -3.02. The zero-order valence-corrected chi connectivity index (χ0v) is 18.7. The van der Waals surface area contributed by atoms with E-state index in [-0.39, 0.29) is 48.5 Å². The Morgan fingerprint density at radius 2 is 1.91 bits per heavy atom. The highest BCUT2D eigenvalue weighted by Crippen LogP contribution is 2.25. The van der Waals surface area contributed by atoms with Crippen molar-refractivity contribution in [2.24, 2.45) is 0 Å². The van der Waals surface area contributed by atoms with E-state index in [2.05, 4.69) is 15.6 Å². The summed E-state index contributed by atoms with van der Waals surface area (Å²) in [6.45, 7) is 2.82. The Bertz CT molecular complexity index is 1060. The van der Waals surface area contributed by atoms with Crippen LogP contribution in [0.2, 0.25) is 0 Å². The number of nitrogens with zero attached hydrogens (tertiary/aromatic N) is 2. The molecule has 1 amide bonds. The molecular formula is C21H26N4O6S. The SMILES string of the molecule is COC(=O)c1cnc(NC(C)C(=O)NCc2ccccc2)c(S(=O)(=O)N2CCOCC2)c1. The molecule has 32 heavy (non-hydrogen) atoms. The quantitative estimate of drug-likeness (QED) is 0.557. The van der Waals surface area contributed by atoms with Gasteiger partial charge < -0.3 is 20.1 Å². The van der Waals surface area contributed by atoms with Crippen molar-refractivity contribution >= 4 is 27.7 Å². The Balaban J connectivity index is 1.82. The number of carbonyl (C=O) groups is 2. The molecule has 0 aliphatic carbocycles. The fourth-order valence-corrected chi connectivity index (χ4v) is 4.65. The van der Waals surface area contributed by atoms with Gasteiger partial charge in [-0.25, -0.2) is 18.2 Å². The average Bonchev–Trinajstić information content (AvgIpc) is 2.83. The lowest BCUT2D eigenvalue weighted by molar-refractivity contribution is -0.121. The Kier molecular flexibility index (Phi) is 7.78. The predicted octanol–water partition coefficient (Wildman–Crippen LogP) is 1.01. The van der Waals surface area contributed by atoms with Gasteiger partial charge in [-0.3, -0.25) is 4.79 Å². The van der Waals surface area contributed by atoms with Crippen LogP contribution in [0.1, 0.15) is 22.8 Å². The van der Waals surface area contributed by atoms with Gasteiger partial charge in [0, 0.05) is 25.8 Å². The molecule has 1 atom stereocenters. The molecule has 1 aliphatic heterocycles. The number of hydrogen-bond acceptors (Lipinski definition) is 8. The molecule has 11 heteroatoms. The molecular weight excluding hydrogens is 436 g/mol. The summed E-state index contributed by atoms with van der Waals surface area (Å²) in [5, 5.41) is 5.66. The van der Waals surface area contributed by atoms with Gasteiger partial charge in [0.1, 0.15) is 16.8 Å². The minimum absolute atomic E-state index is 0.00827. The normalized spacial score (nSPS) is 15.6. The second kappa shape index (κ2) is 10.5. The molecule has 1 aromatic heterocycles. The lowest BCUT2D eigenvalue weighted by Crippen LogP contribution is -2.41. The van der Waals surface area contributed by atoms with Crippen LogP contribution in [-0.4, -0.2) is 69.0 Å². The molecule has 0 spiro atoms. The molecule has 0 saturated carbocycles. The van der Waals surface area contributed by atoms with Gasteiger partial charge in [0.05, 0.1) is 25.9 Å². The fourth-order valence-electron chi connectivity index (χ4n) is 3.11. The van der Waals surface area contributed by atoms with E-state index in [0.29, 0.717) is 6.54 Å². The molecule has 1 fully saturated rings. The zero-order valence-electron chi connectivity index (χ0n) is 17.9. The van der Waals surface area contributed by atoms with Crippen LogP contribution in [0.4, 0.5) is 5.82 Å². The second-order valence-electron chi connectivity index (χ2n) is 7.15. The van der Waals surface area contributed by atoms with E-state index >= 15 is 0 Å². The number of methoxy groups -OCH3 is 1. The molecule has 2 heterocycles. The minimum Gasteiger partial charge on any atom is -0.465 e. The topological polar surface area (TPSA) is 127 Å². The Morgan fingerprint density at radius 1 is 1.22 bits per heavy atom. The average molecular weight is 463 g/mol. The number of morpholine rings is 1. The monoisotopic (exact) mass is 462 g/mol. The van der Waals surface area contributed by atoms with E-state index in [0.717, 1.165) is 5.56 Å². The van der Waals surface area contributed by atoms with Crippen molar-refractivity contribution in [2.75, 3.05) is 38.7 Å². The number of amides is 1. The molecule has 2 N–H and O–H groups in total. The summed E-state index contributed by atoms with van der Waals surface area (Å²) in [6.07, 6.45) is 1.21. The third-order valence-corrected chi connectivity index (χ3v) is 6.83. The Morgan fingerprint density at radius 3 is 2.56 bits per heavy atom. The third-order valence-electron chi connectivity index (χ3n) is 4.92. The number of carbonyl (C=O) groups excluding carboxylic acids is 2. The predicted molar refractivity (Wildman–Crippen MR) is 117 cm³/mol. The van der Waals surface area contributed by atoms with E-state index in [9.17, 15) is 18.0 Å². The second-order valence-corrected chi connectivity index (χ2v) is 9.05. The lowest BCUT2D eigenvalue weighted by atomic mass is 10.2. The molecule has 3 rings (SSSR count). The minimum atomic E-state index is -3.99. The third kappa shape index (κ3) is 5.61. The first-order valence-electron chi connectivity index (χ1n) is 10.1. The first-order valence-corrected chi connectivity index (χ1v) is 11.5. The molecule has 2 aromatic rings. The molecule has 1 aromatic carbocycles. The van der Waals surface area contributed by atoms with Gasteiger partial charge in [-0.15, -0.1) is 0 Å². The van der Waals surface area contributed by atoms with Crippen molar-refractivity contribution in [1.82, 2.24) is 14.6 Å². The largest absolute Gasteiger partial charge is 0.465 e. The van der Waals surface area contributed by atoms with E-state index in [4.69, 9.17) is 9.47 Å². The number of esters is 1. The number of pyridine rings is 1. The summed E-state index contributed by atoms with van der Waals surface area (Å²) < 4.78 is 37.7. The highest BCUT2D eigenvalue weighted by atomic mass is 32.2. The smallest absolute Gasteiger partial charge is 0.339 e. The van der Waals surface area contributed by atoms with Crippen LogP contribution in [0.15, 0.2) is 47.5 Å². The van der Waals surface area contributed by atoms with Gasteiger partial charge in [-0.1, -0.05) is 30.3 Å². The van der Waals surface area contributed by atoms with E-state index in [1.807, 2.05) is 30.3 Å². The highest BCUT2D eigenvalue weighted by molar-refractivity contribution is 7.89. The van der Waals surface area contributed by atoms with Crippen LogP contribution in [0.25, 0.3) is 0 Å². The summed E-state index contributed by atoms with van der Waals surface area (Å²) in [6, 6.07) is 9.83. The summed E-state index contributed by atoms with van der Waals surface area (Å²) >= 11 is 0. The number of hydrogen-bond donors (Lipinski definition) is 2. The van der Waals surface area contributed by atoms with Crippen LogP contribution in [-0.2, 0) is 30.8 Å². The maximum atomic E-state index is 13.3. The summed E-state index contributed by atoms with van der Waals surface area (Å²) in [5.41, 5.74) is 0.926. The summed E-state index contributed by atoms with van der Waals surface area (Å²) in [4.78, 5) is 28.4. The van der Waals surface area contributed by atoms with Gasteiger partial charge in [0.2, 0.25) is 15.9 Å². The molecule has 10 nitrogen and oxygen atoms in total. The van der Waals surface area contributed by atoms with Gasteiger partial charge in [0.25, 0.3) is 0 Å². The van der Waals surface area contributed by atoms with Crippen LogP contribution < -0.4 is 10.6 Å². The summed E-state index contributed by atoms with van der Waals surface area (Å²) in [5.74, 6) is -1.06. The van der Waals surface area contributed by atoms with Crippen molar-refractivity contribution in [2.45, 2.75) is 24.4 Å². The van der Waals surface area contributed by atoms with Crippen LogP contribution >= 0.6 is 0 Å². The molecule has 1 aliphatic rings. The van der Waals surface area contributed by atoms with Crippen LogP contribution in [0.5, 0.6) is 0 Å². The number of aromatic nitrogens is 1. The number of ether oxygens (including phenoxy) is 2.